The van der Waals surface area contributed by atoms with Gasteiger partial charge in [0.15, 0.2) is 16.7 Å². The molecule has 2 aromatic rings. The predicted octanol–water partition coefficient (Wildman–Crippen LogP) is 3.58. The summed E-state index contributed by atoms with van der Waals surface area (Å²) in [5.74, 6) is 3.09. The first-order chi connectivity index (χ1) is 12.8. The van der Waals surface area contributed by atoms with Crippen molar-refractivity contribution in [3.05, 3.63) is 48.0 Å². The third-order valence-corrected chi connectivity index (χ3v) is 4.87. The molecule has 2 heterocycles. The van der Waals surface area contributed by atoms with Crippen LogP contribution in [0.25, 0.3) is 0 Å². The van der Waals surface area contributed by atoms with Gasteiger partial charge in [-0.05, 0) is 30.3 Å². The third kappa shape index (κ3) is 3.77. The SMILES string of the molecule is COc1cccc(N=C2NN=C(c3ccc4c(c3)OCCCO4)CS2)c1. The Morgan fingerprint density at radius 3 is 2.81 bits per heavy atom. The summed E-state index contributed by atoms with van der Waals surface area (Å²) in [5.41, 5.74) is 5.84. The maximum Gasteiger partial charge on any atom is 0.182 e. The van der Waals surface area contributed by atoms with E-state index in [-0.39, 0.29) is 0 Å². The summed E-state index contributed by atoms with van der Waals surface area (Å²) >= 11 is 1.61. The van der Waals surface area contributed by atoms with E-state index in [0.717, 1.165) is 51.6 Å². The Labute approximate surface area is 156 Å². The van der Waals surface area contributed by atoms with Crippen LogP contribution in [0, 0.1) is 0 Å². The number of nitrogens with zero attached hydrogens (tertiary/aromatic N) is 2. The average molecular weight is 369 g/mol. The molecule has 2 aliphatic rings. The zero-order chi connectivity index (χ0) is 17.8. The molecule has 7 heteroatoms. The lowest BCUT2D eigenvalue weighted by Gasteiger charge is -2.16. The first kappa shape index (κ1) is 16.8. The van der Waals surface area contributed by atoms with Crippen LogP contribution in [-0.2, 0) is 0 Å². The second-order valence-corrected chi connectivity index (χ2v) is 6.75. The fourth-order valence-corrected chi connectivity index (χ4v) is 3.45. The van der Waals surface area contributed by atoms with Gasteiger partial charge in [0.05, 0.1) is 31.7 Å². The van der Waals surface area contributed by atoms with Crippen molar-refractivity contribution in [2.45, 2.75) is 6.42 Å². The molecule has 0 saturated heterocycles. The second kappa shape index (κ2) is 7.70. The van der Waals surface area contributed by atoms with Gasteiger partial charge in [0.1, 0.15) is 5.75 Å². The van der Waals surface area contributed by atoms with Crippen molar-refractivity contribution in [2.75, 3.05) is 26.1 Å². The standard InChI is InChI=1S/C19H19N3O3S/c1-23-15-5-2-4-14(11-15)20-19-22-21-16(12-26-19)13-6-7-17-18(10-13)25-9-3-8-24-17/h2,4-7,10-11H,3,8-9,12H2,1H3,(H,20,22). The zero-order valence-corrected chi connectivity index (χ0v) is 15.2. The number of hydrogen-bond donors (Lipinski definition) is 1. The van der Waals surface area contributed by atoms with Crippen molar-refractivity contribution in [1.29, 1.82) is 0 Å². The molecule has 0 saturated carbocycles. The van der Waals surface area contributed by atoms with E-state index in [9.17, 15) is 0 Å². The van der Waals surface area contributed by atoms with E-state index in [1.807, 2.05) is 42.5 Å². The summed E-state index contributed by atoms with van der Waals surface area (Å²) in [5, 5.41) is 5.24. The molecule has 6 nitrogen and oxygen atoms in total. The molecule has 2 aliphatic heterocycles. The Bertz CT molecular complexity index is 867. The van der Waals surface area contributed by atoms with Crippen LogP contribution in [0.5, 0.6) is 17.2 Å². The topological polar surface area (TPSA) is 64.4 Å². The maximum absolute atomic E-state index is 5.76. The highest BCUT2D eigenvalue weighted by Gasteiger charge is 2.17. The van der Waals surface area contributed by atoms with Gasteiger partial charge in [-0.3, -0.25) is 5.43 Å². The van der Waals surface area contributed by atoms with Gasteiger partial charge in [0, 0.05) is 23.8 Å². The highest BCUT2D eigenvalue weighted by Crippen LogP contribution is 2.31. The molecule has 0 aliphatic carbocycles. The highest BCUT2D eigenvalue weighted by molar-refractivity contribution is 8.14. The molecule has 26 heavy (non-hydrogen) atoms. The first-order valence-corrected chi connectivity index (χ1v) is 9.38. The summed E-state index contributed by atoms with van der Waals surface area (Å²) in [4.78, 5) is 4.57. The summed E-state index contributed by atoms with van der Waals surface area (Å²) in [7, 11) is 1.64. The van der Waals surface area contributed by atoms with Gasteiger partial charge in [-0.1, -0.05) is 17.8 Å². The Balaban J connectivity index is 1.50. The van der Waals surface area contributed by atoms with E-state index >= 15 is 0 Å². The van der Waals surface area contributed by atoms with E-state index in [2.05, 4.69) is 15.5 Å². The van der Waals surface area contributed by atoms with Gasteiger partial charge in [0.25, 0.3) is 0 Å². The average Bonchev–Trinajstić information content (AvgIpc) is 2.93. The van der Waals surface area contributed by atoms with Crippen LogP contribution in [0.1, 0.15) is 12.0 Å². The number of amidine groups is 1. The third-order valence-electron chi connectivity index (χ3n) is 4.00. The van der Waals surface area contributed by atoms with E-state index in [4.69, 9.17) is 14.2 Å². The minimum absolute atomic E-state index is 0.674. The van der Waals surface area contributed by atoms with Crippen LogP contribution in [0.3, 0.4) is 0 Å². The van der Waals surface area contributed by atoms with Gasteiger partial charge in [-0.2, -0.15) is 5.10 Å². The fourth-order valence-electron chi connectivity index (χ4n) is 2.66. The smallest absolute Gasteiger partial charge is 0.182 e. The quantitative estimate of drug-likeness (QED) is 0.896. The summed E-state index contributed by atoms with van der Waals surface area (Å²) < 4.78 is 16.7. The lowest BCUT2D eigenvalue weighted by Crippen LogP contribution is -2.25. The van der Waals surface area contributed by atoms with Crippen molar-refractivity contribution in [3.8, 4) is 17.2 Å². The van der Waals surface area contributed by atoms with Crippen LogP contribution in [0.4, 0.5) is 5.69 Å². The molecule has 0 radical (unpaired) electrons. The van der Waals surface area contributed by atoms with Crippen molar-refractivity contribution in [2.24, 2.45) is 10.1 Å². The number of ether oxygens (including phenoxy) is 3. The molecule has 0 bridgehead atoms. The number of hydrogen-bond acceptors (Lipinski definition) is 6. The van der Waals surface area contributed by atoms with Crippen LogP contribution in [-0.4, -0.2) is 37.0 Å². The number of hydrazone groups is 1. The van der Waals surface area contributed by atoms with Gasteiger partial charge in [-0.15, -0.1) is 0 Å². The first-order valence-electron chi connectivity index (χ1n) is 8.40. The zero-order valence-electron chi connectivity index (χ0n) is 14.4. The Morgan fingerprint density at radius 2 is 2.00 bits per heavy atom. The predicted molar refractivity (Wildman–Crippen MR) is 104 cm³/mol. The monoisotopic (exact) mass is 369 g/mol. The summed E-state index contributed by atoms with van der Waals surface area (Å²) in [6.07, 6.45) is 0.895. The van der Waals surface area contributed by atoms with E-state index in [1.165, 1.54) is 0 Å². The number of thioether (sulfide) groups is 1. The number of rotatable bonds is 3. The van der Waals surface area contributed by atoms with Gasteiger partial charge >= 0.3 is 0 Å². The largest absolute Gasteiger partial charge is 0.497 e. The number of nitrogens with one attached hydrogen (secondary N) is 1. The van der Waals surface area contributed by atoms with Crippen LogP contribution < -0.4 is 19.6 Å². The van der Waals surface area contributed by atoms with E-state index < -0.39 is 0 Å². The molecule has 0 atom stereocenters. The lowest BCUT2D eigenvalue weighted by molar-refractivity contribution is 0.297. The molecule has 0 spiro atoms. The second-order valence-electron chi connectivity index (χ2n) is 5.79. The van der Waals surface area contributed by atoms with Crippen molar-refractivity contribution >= 4 is 28.3 Å². The molecule has 1 N–H and O–H groups in total. The van der Waals surface area contributed by atoms with Crippen molar-refractivity contribution < 1.29 is 14.2 Å². The molecule has 0 amide bonds. The molecular weight excluding hydrogens is 350 g/mol. The van der Waals surface area contributed by atoms with E-state index in [0.29, 0.717) is 13.2 Å². The molecule has 134 valence electrons. The van der Waals surface area contributed by atoms with E-state index in [1.54, 1.807) is 18.9 Å². The fraction of sp³-hybridized carbons (Fsp3) is 0.263. The molecular formula is C19H19N3O3S. The van der Waals surface area contributed by atoms with Crippen molar-refractivity contribution in [1.82, 2.24) is 5.43 Å². The van der Waals surface area contributed by atoms with Crippen molar-refractivity contribution in [3.63, 3.8) is 0 Å². The number of methoxy groups -OCH3 is 1. The maximum atomic E-state index is 5.76. The lowest BCUT2D eigenvalue weighted by atomic mass is 10.1. The Kier molecular flexibility index (Phi) is 4.97. The highest BCUT2D eigenvalue weighted by atomic mass is 32.2. The van der Waals surface area contributed by atoms with Gasteiger partial charge in [0.2, 0.25) is 0 Å². The molecule has 4 rings (SSSR count). The summed E-state index contributed by atoms with van der Waals surface area (Å²) in [6, 6.07) is 13.6. The molecule has 0 fully saturated rings. The number of aliphatic imine (C=N–C) groups is 1. The minimum atomic E-state index is 0.674. The van der Waals surface area contributed by atoms with Crippen LogP contribution in [0.15, 0.2) is 52.6 Å². The Hall–Kier alpha value is -2.67. The number of fused-ring (bicyclic) bond motifs is 1. The van der Waals surface area contributed by atoms with Crippen LogP contribution >= 0.6 is 11.8 Å². The van der Waals surface area contributed by atoms with Gasteiger partial charge < -0.3 is 14.2 Å². The normalized spacial score (nSPS) is 17.9. The Morgan fingerprint density at radius 1 is 1.12 bits per heavy atom. The molecule has 0 aromatic heterocycles. The van der Waals surface area contributed by atoms with Crippen LogP contribution in [0.2, 0.25) is 0 Å². The molecule has 0 unspecified atom stereocenters. The number of benzene rings is 2. The summed E-state index contributed by atoms with van der Waals surface area (Å²) in [6.45, 7) is 1.36. The minimum Gasteiger partial charge on any atom is -0.497 e. The van der Waals surface area contributed by atoms with Gasteiger partial charge in [-0.25, -0.2) is 4.99 Å². The molecule has 2 aromatic carbocycles.